The van der Waals surface area contributed by atoms with E-state index < -0.39 is 29.9 Å². The molecule has 1 N–H and O–H groups in total. The molecule has 0 unspecified atom stereocenters. The van der Waals surface area contributed by atoms with E-state index in [1.54, 1.807) is 12.1 Å². The fourth-order valence-corrected chi connectivity index (χ4v) is 5.68. The lowest BCUT2D eigenvalue weighted by molar-refractivity contribution is 0.482. The standard InChI is InChI=1S/C38H24O2/c39-33-15-8-14-31-36(27-21-22-35-32(23-27)28-11-6-7-16-34(28)40-35)29-12-4-5-13-30(29)37(38(31)33)26-19-17-25(18-20-26)24-9-2-1-3-10-24/h1-23,39H/i4D,5D,8D,12D,13D,14D,15D. The molecule has 7 aromatic carbocycles. The number of furan rings is 1. The van der Waals surface area contributed by atoms with Crippen LogP contribution in [-0.2, 0) is 0 Å². The van der Waals surface area contributed by atoms with Gasteiger partial charge in [-0.25, -0.2) is 0 Å². The summed E-state index contributed by atoms with van der Waals surface area (Å²) in [6, 6.07) is 27.2. The fraction of sp³-hybridized carbons (Fsp3) is 0. The van der Waals surface area contributed by atoms with Crippen LogP contribution in [0.4, 0.5) is 0 Å². The molecule has 0 saturated carbocycles. The van der Waals surface area contributed by atoms with Gasteiger partial charge in [0.25, 0.3) is 0 Å². The predicted octanol–water partition coefficient (Wildman–Crippen LogP) is 10.6. The summed E-state index contributed by atoms with van der Waals surface area (Å²) in [5.74, 6) is -0.534. The first kappa shape index (κ1) is 16.6. The molecule has 1 aromatic heterocycles. The van der Waals surface area contributed by atoms with Crippen molar-refractivity contribution in [3.8, 4) is 39.1 Å². The highest BCUT2D eigenvalue weighted by atomic mass is 16.3. The summed E-state index contributed by atoms with van der Waals surface area (Å²) in [4.78, 5) is 0. The predicted molar refractivity (Wildman–Crippen MR) is 167 cm³/mol. The van der Waals surface area contributed by atoms with Gasteiger partial charge in [0.1, 0.15) is 16.9 Å². The first-order valence-corrected chi connectivity index (χ1v) is 12.9. The van der Waals surface area contributed by atoms with Crippen LogP contribution in [0.5, 0.6) is 5.75 Å². The normalized spacial score (nSPS) is 14.1. The summed E-state index contributed by atoms with van der Waals surface area (Å²) in [5.41, 5.74) is 4.77. The molecule has 2 nitrogen and oxygen atoms in total. The third-order valence-electron chi connectivity index (χ3n) is 7.49. The second-order valence-electron chi connectivity index (χ2n) is 9.73. The number of phenolic OH excluding ortho intramolecular Hbond substituents is 1. The van der Waals surface area contributed by atoms with Crippen LogP contribution in [0.1, 0.15) is 9.60 Å². The van der Waals surface area contributed by atoms with Crippen LogP contribution in [0.2, 0.25) is 0 Å². The number of rotatable bonds is 3. The van der Waals surface area contributed by atoms with E-state index in [0.717, 1.165) is 21.9 Å². The van der Waals surface area contributed by atoms with E-state index in [2.05, 4.69) is 0 Å². The topological polar surface area (TPSA) is 33.4 Å². The van der Waals surface area contributed by atoms with E-state index in [9.17, 15) is 5.11 Å². The van der Waals surface area contributed by atoms with Crippen LogP contribution in [0.3, 0.4) is 0 Å². The molecule has 0 bridgehead atoms. The van der Waals surface area contributed by atoms with Crippen molar-refractivity contribution in [2.75, 3.05) is 0 Å². The summed E-state index contributed by atoms with van der Waals surface area (Å²) in [7, 11) is 0. The Kier molecular flexibility index (Phi) is 3.67. The highest BCUT2D eigenvalue weighted by molar-refractivity contribution is 6.23. The van der Waals surface area contributed by atoms with Crippen molar-refractivity contribution in [1.82, 2.24) is 0 Å². The van der Waals surface area contributed by atoms with Gasteiger partial charge >= 0.3 is 0 Å². The van der Waals surface area contributed by atoms with Gasteiger partial charge in [-0.15, -0.1) is 0 Å². The van der Waals surface area contributed by atoms with E-state index in [1.165, 1.54) is 0 Å². The van der Waals surface area contributed by atoms with E-state index in [-0.39, 0.29) is 50.8 Å². The molecular weight excluding hydrogens is 488 g/mol. The van der Waals surface area contributed by atoms with Gasteiger partial charge in [-0.1, -0.05) is 115 Å². The van der Waals surface area contributed by atoms with E-state index >= 15 is 0 Å². The van der Waals surface area contributed by atoms with Gasteiger partial charge in [0, 0.05) is 21.7 Å². The first-order valence-electron chi connectivity index (χ1n) is 16.4. The molecule has 0 atom stereocenters. The quantitative estimate of drug-likeness (QED) is 0.236. The summed E-state index contributed by atoms with van der Waals surface area (Å²) in [6.07, 6.45) is 0. The van der Waals surface area contributed by atoms with E-state index in [4.69, 9.17) is 14.0 Å². The van der Waals surface area contributed by atoms with Gasteiger partial charge in [0.05, 0.1) is 9.60 Å². The number of para-hydroxylation sites is 1. The Labute approximate surface area is 241 Å². The van der Waals surface area contributed by atoms with Gasteiger partial charge < -0.3 is 9.52 Å². The maximum atomic E-state index is 11.6. The van der Waals surface area contributed by atoms with Crippen molar-refractivity contribution < 1.29 is 19.1 Å². The lowest BCUT2D eigenvalue weighted by Crippen LogP contribution is -1.91. The average molecular weight is 520 g/mol. The average Bonchev–Trinajstić information content (AvgIpc) is 3.48. The number of benzene rings is 7. The van der Waals surface area contributed by atoms with Crippen LogP contribution >= 0.6 is 0 Å². The Morgan fingerprint density at radius 2 is 1.10 bits per heavy atom. The number of hydrogen-bond donors (Lipinski definition) is 1. The summed E-state index contributed by atoms with van der Waals surface area (Å²) in [6.45, 7) is 0. The third kappa shape index (κ3) is 3.43. The molecule has 40 heavy (non-hydrogen) atoms. The minimum atomic E-state index is -0.535. The van der Waals surface area contributed by atoms with Crippen molar-refractivity contribution in [1.29, 1.82) is 0 Å². The second-order valence-corrected chi connectivity index (χ2v) is 9.73. The van der Waals surface area contributed by atoms with Crippen molar-refractivity contribution in [3.05, 3.63) is 139 Å². The molecule has 0 fully saturated rings. The van der Waals surface area contributed by atoms with Gasteiger partial charge in [-0.3, -0.25) is 0 Å². The lowest BCUT2D eigenvalue weighted by atomic mass is 9.85. The molecule has 2 heteroatoms. The molecule has 0 amide bonds. The molecule has 0 radical (unpaired) electrons. The molecule has 0 aliphatic heterocycles. The largest absolute Gasteiger partial charge is 0.507 e. The zero-order chi connectivity index (χ0) is 32.7. The Morgan fingerprint density at radius 3 is 1.93 bits per heavy atom. The van der Waals surface area contributed by atoms with Crippen molar-refractivity contribution in [2.24, 2.45) is 0 Å². The Hall–Kier alpha value is -5.34. The van der Waals surface area contributed by atoms with Gasteiger partial charge in [-0.05, 0) is 68.2 Å². The molecule has 1 heterocycles. The van der Waals surface area contributed by atoms with Gasteiger partial charge in [-0.2, -0.15) is 0 Å². The number of aromatic hydroxyl groups is 1. The third-order valence-corrected chi connectivity index (χ3v) is 7.49. The van der Waals surface area contributed by atoms with Crippen molar-refractivity contribution in [2.45, 2.75) is 0 Å². The van der Waals surface area contributed by atoms with Crippen LogP contribution in [0, 0.1) is 0 Å². The van der Waals surface area contributed by atoms with Crippen LogP contribution in [0.25, 0.3) is 76.9 Å². The fourth-order valence-electron chi connectivity index (χ4n) is 5.68. The van der Waals surface area contributed by atoms with Crippen LogP contribution in [0.15, 0.2) is 144 Å². The zero-order valence-corrected chi connectivity index (χ0v) is 21.1. The van der Waals surface area contributed by atoms with Gasteiger partial charge in [0.15, 0.2) is 0 Å². The maximum absolute atomic E-state index is 11.6. The Morgan fingerprint density at radius 1 is 0.475 bits per heavy atom. The maximum Gasteiger partial charge on any atom is 0.135 e. The summed E-state index contributed by atoms with van der Waals surface area (Å²) >= 11 is 0. The Bertz CT molecular complexity index is 2510. The molecule has 188 valence electrons. The highest BCUT2D eigenvalue weighted by Gasteiger charge is 2.19. The molecular formula is C38H24O2. The van der Waals surface area contributed by atoms with Crippen LogP contribution in [-0.4, -0.2) is 5.11 Å². The van der Waals surface area contributed by atoms with E-state index in [0.29, 0.717) is 22.3 Å². The summed E-state index contributed by atoms with van der Waals surface area (Å²) < 4.78 is 68.0. The number of phenols is 1. The molecule has 8 rings (SSSR count). The SMILES string of the molecule is [2H]c1c([2H])c([2H])c2c(-c3ccc(-c4ccccc4)cc3)c3c(O)c([2H])c([2H])c([2H])c3c(-c3ccc4oc5ccccc5c4c3)c2c1[2H]. The molecule has 0 aliphatic carbocycles. The zero-order valence-electron chi connectivity index (χ0n) is 28.1. The van der Waals surface area contributed by atoms with Crippen molar-refractivity contribution in [3.63, 3.8) is 0 Å². The summed E-state index contributed by atoms with van der Waals surface area (Å²) in [5, 5.41) is 13.7. The minimum Gasteiger partial charge on any atom is -0.507 e. The first-order chi connectivity index (χ1) is 22.7. The van der Waals surface area contributed by atoms with Crippen molar-refractivity contribution >= 4 is 43.5 Å². The smallest absolute Gasteiger partial charge is 0.135 e. The number of hydrogen-bond acceptors (Lipinski definition) is 2. The Balaban J connectivity index is 1.58. The van der Waals surface area contributed by atoms with Crippen LogP contribution < -0.4 is 0 Å². The molecule has 8 aromatic rings. The van der Waals surface area contributed by atoms with Gasteiger partial charge in [0.2, 0.25) is 0 Å². The van der Waals surface area contributed by atoms with E-state index in [1.807, 2.05) is 84.9 Å². The minimum absolute atomic E-state index is 0.0770. The second kappa shape index (κ2) is 8.86. The molecule has 0 saturated heterocycles. The molecule has 0 spiro atoms. The number of fused-ring (bicyclic) bond motifs is 5. The lowest BCUT2D eigenvalue weighted by Gasteiger charge is -2.18. The monoisotopic (exact) mass is 519 g/mol. The highest BCUT2D eigenvalue weighted by Crippen LogP contribution is 2.47. The molecule has 0 aliphatic rings.